The topological polar surface area (TPSA) is 37.9 Å². The maximum Gasteiger partial charge on any atom is 0.0719 e. The van der Waals surface area contributed by atoms with Crippen LogP contribution in [0, 0.1) is 20.8 Å². The first-order chi connectivity index (χ1) is 11.2. The molecule has 23 heavy (non-hydrogen) atoms. The Labute approximate surface area is 137 Å². The van der Waals surface area contributed by atoms with Gasteiger partial charge in [-0.1, -0.05) is 24.3 Å². The number of aromatic amines is 1. The highest BCUT2D eigenvalue weighted by Gasteiger charge is 2.08. The quantitative estimate of drug-likeness (QED) is 0.674. The third-order valence-electron chi connectivity index (χ3n) is 4.53. The van der Waals surface area contributed by atoms with E-state index in [1.165, 1.54) is 33.3 Å². The number of fused-ring (bicyclic) bond motifs is 1. The van der Waals surface area contributed by atoms with Crippen molar-refractivity contribution in [2.45, 2.75) is 40.2 Å². The van der Waals surface area contributed by atoms with Crippen molar-refractivity contribution in [2.75, 3.05) is 6.61 Å². The Kier molecular flexibility index (Phi) is 4.77. The molecule has 0 atom stereocenters. The van der Waals surface area contributed by atoms with Crippen molar-refractivity contribution in [3.05, 3.63) is 64.6 Å². The van der Waals surface area contributed by atoms with Crippen LogP contribution in [0.25, 0.3) is 10.9 Å². The van der Waals surface area contributed by atoms with Gasteiger partial charge in [0.1, 0.15) is 0 Å². The molecule has 3 nitrogen and oxygen atoms in total. The number of aryl methyl sites for hydroxylation is 4. The molecule has 0 unspecified atom stereocenters. The number of aromatic nitrogens is 2. The number of hydrogen-bond acceptors (Lipinski definition) is 2. The Hall–Kier alpha value is -2.13. The van der Waals surface area contributed by atoms with Gasteiger partial charge >= 0.3 is 0 Å². The lowest BCUT2D eigenvalue weighted by Gasteiger charge is -2.07. The normalized spacial score (nSPS) is 11.3. The molecule has 120 valence electrons. The fraction of sp³-hybridized carbons (Fsp3) is 0.350. The first-order valence-electron chi connectivity index (χ1n) is 8.22. The van der Waals surface area contributed by atoms with E-state index < -0.39 is 0 Å². The summed E-state index contributed by atoms with van der Waals surface area (Å²) in [5, 5.41) is 1.29. The number of benzene rings is 1. The van der Waals surface area contributed by atoms with Crippen molar-refractivity contribution in [2.24, 2.45) is 0 Å². The van der Waals surface area contributed by atoms with Crippen LogP contribution in [0.1, 0.15) is 34.5 Å². The molecule has 1 aromatic carbocycles. The molecule has 3 rings (SSSR count). The Balaban J connectivity index is 1.55. The van der Waals surface area contributed by atoms with Crippen LogP contribution in [0.2, 0.25) is 0 Å². The molecule has 0 aliphatic rings. The highest BCUT2D eigenvalue weighted by Crippen LogP contribution is 2.23. The molecule has 0 bridgehead atoms. The molecule has 0 spiro atoms. The van der Waals surface area contributed by atoms with E-state index in [-0.39, 0.29) is 0 Å². The van der Waals surface area contributed by atoms with E-state index in [9.17, 15) is 0 Å². The lowest BCUT2D eigenvalue weighted by atomic mass is 10.1. The predicted octanol–water partition coefficient (Wildman–Crippen LogP) is 4.64. The Bertz CT molecular complexity index is 805. The van der Waals surface area contributed by atoms with Crippen LogP contribution < -0.4 is 0 Å². The van der Waals surface area contributed by atoms with Crippen molar-refractivity contribution in [1.29, 1.82) is 0 Å². The van der Waals surface area contributed by atoms with E-state index in [0.29, 0.717) is 6.61 Å². The summed E-state index contributed by atoms with van der Waals surface area (Å²) in [6.45, 7) is 7.84. The number of nitrogens with one attached hydrogen (secondary N) is 1. The molecule has 0 aliphatic heterocycles. The average Bonchev–Trinajstić information content (AvgIpc) is 2.85. The summed E-state index contributed by atoms with van der Waals surface area (Å²) < 4.78 is 5.83. The molecule has 1 N–H and O–H groups in total. The van der Waals surface area contributed by atoms with Gasteiger partial charge in [-0.25, -0.2) is 0 Å². The van der Waals surface area contributed by atoms with Crippen LogP contribution in [0.5, 0.6) is 0 Å². The van der Waals surface area contributed by atoms with Gasteiger partial charge in [0.2, 0.25) is 0 Å². The SMILES string of the molecule is Cc1ccccc1COCCCc1nccc2c(C)c(C)[nH]c12. The first-order valence-corrected chi connectivity index (χ1v) is 8.22. The van der Waals surface area contributed by atoms with Crippen LogP contribution in [-0.4, -0.2) is 16.6 Å². The van der Waals surface area contributed by atoms with Gasteiger partial charge in [0.15, 0.2) is 0 Å². The van der Waals surface area contributed by atoms with E-state index in [4.69, 9.17) is 4.74 Å². The highest BCUT2D eigenvalue weighted by molar-refractivity contribution is 5.85. The number of ether oxygens (including phenoxy) is 1. The molecule has 3 heteroatoms. The molecular weight excluding hydrogens is 284 g/mol. The number of H-pyrrole nitrogens is 1. The molecule has 0 amide bonds. The minimum Gasteiger partial charge on any atom is -0.377 e. The first kappa shape index (κ1) is 15.8. The zero-order valence-electron chi connectivity index (χ0n) is 14.1. The Morgan fingerprint density at radius 1 is 1.09 bits per heavy atom. The van der Waals surface area contributed by atoms with Crippen molar-refractivity contribution >= 4 is 10.9 Å². The van der Waals surface area contributed by atoms with Gasteiger partial charge in [-0.05, 0) is 56.4 Å². The number of nitrogens with zero attached hydrogens (tertiary/aromatic N) is 1. The van der Waals surface area contributed by atoms with Gasteiger partial charge in [0, 0.05) is 23.9 Å². The molecule has 0 saturated carbocycles. The molecule has 0 saturated heterocycles. The summed E-state index contributed by atoms with van der Waals surface area (Å²) in [4.78, 5) is 8.01. The zero-order valence-corrected chi connectivity index (χ0v) is 14.1. The monoisotopic (exact) mass is 308 g/mol. The summed E-state index contributed by atoms with van der Waals surface area (Å²) >= 11 is 0. The van der Waals surface area contributed by atoms with E-state index in [2.05, 4.69) is 61.1 Å². The maximum absolute atomic E-state index is 5.83. The van der Waals surface area contributed by atoms with Gasteiger partial charge in [-0.2, -0.15) is 0 Å². The molecular formula is C20H24N2O. The van der Waals surface area contributed by atoms with Crippen molar-refractivity contribution < 1.29 is 4.74 Å². The lowest BCUT2D eigenvalue weighted by Crippen LogP contribution is -2.00. The van der Waals surface area contributed by atoms with E-state index >= 15 is 0 Å². The molecule has 0 radical (unpaired) electrons. The minimum absolute atomic E-state index is 0.686. The van der Waals surface area contributed by atoms with Crippen LogP contribution in [-0.2, 0) is 17.8 Å². The summed E-state index contributed by atoms with van der Waals surface area (Å²) in [5.41, 5.74) is 7.42. The Morgan fingerprint density at radius 3 is 2.74 bits per heavy atom. The van der Waals surface area contributed by atoms with Gasteiger partial charge < -0.3 is 9.72 Å². The van der Waals surface area contributed by atoms with E-state index in [0.717, 1.165) is 25.1 Å². The minimum atomic E-state index is 0.686. The number of pyridine rings is 1. The second-order valence-electron chi connectivity index (χ2n) is 6.14. The summed E-state index contributed by atoms with van der Waals surface area (Å²) in [7, 11) is 0. The summed E-state index contributed by atoms with van der Waals surface area (Å²) in [6.07, 6.45) is 3.83. The second-order valence-corrected chi connectivity index (χ2v) is 6.14. The van der Waals surface area contributed by atoms with E-state index in [1.54, 1.807) is 0 Å². The highest BCUT2D eigenvalue weighted by atomic mass is 16.5. The van der Waals surface area contributed by atoms with Crippen molar-refractivity contribution in [3.63, 3.8) is 0 Å². The summed E-state index contributed by atoms with van der Waals surface area (Å²) in [6, 6.07) is 10.5. The third-order valence-corrected chi connectivity index (χ3v) is 4.53. The van der Waals surface area contributed by atoms with Crippen molar-refractivity contribution in [1.82, 2.24) is 9.97 Å². The standard InChI is InChI=1S/C20H24N2O/c1-14-7-4-5-8-17(14)13-23-12-6-9-19-20-18(10-11-21-19)15(2)16(3)22-20/h4-5,7-8,10-11,22H,6,9,12-13H2,1-3H3. The number of hydrogen-bond donors (Lipinski definition) is 1. The largest absolute Gasteiger partial charge is 0.377 e. The fourth-order valence-corrected chi connectivity index (χ4v) is 2.93. The molecule has 2 heterocycles. The van der Waals surface area contributed by atoms with Crippen LogP contribution in [0.3, 0.4) is 0 Å². The van der Waals surface area contributed by atoms with Gasteiger partial charge in [-0.3, -0.25) is 4.98 Å². The lowest BCUT2D eigenvalue weighted by molar-refractivity contribution is 0.118. The average molecular weight is 308 g/mol. The van der Waals surface area contributed by atoms with Crippen molar-refractivity contribution in [3.8, 4) is 0 Å². The molecule has 0 aliphatic carbocycles. The number of rotatable bonds is 6. The van der Waals surface area contributed by atoms with Gasteiger partial charge in [0.05, 0.1) is 17.8 Å². The molecule has 0 fully saturated rings. The molecule has 3 aromatic rings. The molecule has 2 aromatic heterocycles. The van der Waals surface area contributed by atoms with E-state index in [1.807, 2.05) is 6.20 Å². The fourth-order valence-electron chi connectivity index (χ4n) is 2.93. The third kappa shape index (κ3) is 3.45. The van der Waals surface area contributed by atoms with Crippen LogP contribution in [0.4, 0.5) is 0 Å². The maximum atomic E-state index is 5.83. The zero-order chi connectivity index (χ0) is 16.2. The van der Waals surface area contributed by atoms with Crippen LogP contribution >= 0.6 is 0 Å². The van der Waals surface area contributed by atoms with Gasteiger partial charge in [0.25, 0.3) is 0 Å². The second kappa shape index (κ2) is 6.97. The summed E-state index contributed by atoms with van der Waals surface area (Å²) in [5.74, 6) is 0. The van der Waals surface area contributed by atoms with Crippen LogP contribution in [0.15, 0.2) is 36.5 Å². The smallest absolute Gasteiger partial charge is 0.0719 e. The Morgan fingerprint density at radius 2 is 1.91 bits per heavy atom. The predicted molar refractivity (Wildman–Crippen MR) is 94.7 cm³/mol. The van der Waals surface area contributed by atoms with Gasteiger partial charge in [-0.15, -0.1) is 0 Å².